The van der Waals surface area contributed by atoms with E-state index in [1.807, 2.05) is 0 Å². The van der Waals surface area contributed by atoms with E-state index < -0.39 is 138 Å². The molecule has 58 heavy (non-hydrogen) atoms. The average molecular weight is 913 g/mol. The molecule has 1 aliphatic rings. The third-order valence-corrected chi connectivity index (χ3v) is 9.41. The van der Waals surface area contributed by atoms with Crippen LogP contribution >= 0.6 is 7.75 Å². The monoisotopic (exact) mass is 912 g/mol. The molecule has 11 N–H and O–H groups in total. The van der Waals surface area contributed by atoms with E-state index in [1.54, 1.807) is 14.9 Å². The number of hydrogen-bond acceptors (Lipinski definition) is 15. The van der Waals surface area contributed by atoms with Crippen LogP contribution in [0, 0.1) is 0 Å². The van der Waals surface area contributed by atoms with Crippen LogP contribution in [-0.4, -0.2) is 237 Å². The molecule has 0 aromatic rings. The van der Waals surface area contributed by atoms with Gasteiger partial charge in [-0.05, 0) is 12.8 Å². The zero-order chi connectivity index (χ0) is 43.3. The maximum absolute atomic E-state index is 13.1. The molecule has 1 fully saturated rings. The van der Waals surface area contributed by atoms with Crippen LogP contribution in [0.3, 0.4) is 0 Å². The van der Waals surface area contributed by atoms with Crippen molar-refractivity contribution in [3.8, 4) is 0 Å². The molecule has 324 valence electrons. The molecule has 0 bridgehead atoms. The molecule has 1 heterocycles. The maximum atomic E-state index is 13.1. The summed E-state index contributed by atoms with van der Waals surface area (Å²) in [5.41, 5.74) is 0. The largest absolute Gasteiger partial charge is 3.00 e. The van der Waals surface area contributed by atoms with E-state index in [4.69, 9.17) is 10.2 Å². The summed E-state index contributed by atoms with van der Waals surface area (Å²) in [7, 11) is -4.89. The summed E-state index contributed by atoms with van der Waals surface area (Å²) in [4.78, 5) is 122. The van der Waals surface area contributed by atoms with Gasteiger partial charge in [0.25, 0.3) is 0 Å². The minimum absolute atomic E-state index is 0. The van der Waals surface area contributed by atoms with Crippen LogP contribution in [0.4, 0.5) is 0 Å². The van der Waals surface area contributed by atoms with Gasteiger partial charge in [0.05, 0.1) is 32.8 Å². The van der Waals surface area contributed by atoms with Crippen molar-refractivity contribution < 1.29 is 92.9 Å². The fourth-order valence-corrected chi connectivity index (χ4v) is 6.39. The van der Waals surface area contributed by atoms with Gasteiger partial charge in [0.1, 0.15) is 18.1 Å². The maximum Gasteiger partial charge on any atom is 3.00 e. The molecule has 0 aromatic carbocycles. The second-order valence-electron chi connectivity index (χ2n) is 12.8. The average Bonchev–Trinajstić information content (AvgIpc) is 3.07. The summed E-state index contributed by atoms with van der Waals surface area (Å²) in [6.45, 7) is -1.59. The fourth-order valence-electron chi connectivity index (χ4n) is 5.32. The van der Waals surface area contributed by atoms with Crippen LogP contribution in [0.5, 0.6) is 0 Å². The number of rotatable bonds is 25. The summed E-state index contributed by atoms with van der Waals surface area (Å²) in [6.07, 6.45) is -3.01. The smallest absolute Gasteiger partial charge is 0.481 e. The Hall–Kier alpha value is -4.18. The molecule has 1 saturated heterocycles. The van der Waals surface area contributed by atoms with Gasteiger partial charge in [-0.15, -0.1) is 0 Å². The molecule has 1 rings (SSSR count). The van der Waals surface area contributed by atoms with Crippen LogP contribution in [-0.2, 0) is 52.2 Å². The van der Waals surface area contributed by atoms with Crippen LogP contribution in [0.15, 0.2) is 0 Å². The first-order chi connectivity index (χ1) is 26.6. The summed E-state index contributed by atoms with van der Waals surface area (Å²) in [6, 6.07) is -5.17. The van der Waals surface area contributed by atoms with E-state index in [2.05, 4.69) is 15.2 Å². The van der Waals surface area contributed by atoms with Crippen molar-refractivity contribution in [1.29, 1.82) is 0 Å². The standard InChI is InChI=1S/C30H50N7O19P.Ga/c38-22(31-20(29(50)51)5-14-56-57(54,55)33-21(30(52)53)2-4-24(40)41)3-1-19(28(48)49)32-23(39)15-34-6-8-35(16-25(42)43)10-12-37(18-27(46)47)13-11-36(9-7-34)17-26(44)45;/h19-21H,1-18H2,(H,31,38)(H,32,39)(H,40,41)(H,42,43)(H,44,45)(H,46,47)(H,48,49)(H,50,51)(H,52,53)(H2,33,54,55);/q;+3/t19-,20?,21-;/m0./s1. The summed E-state index contributed by atoms with van der Waals surface area (Å²) < 4.78 is 16.9. The van der Waals surface area contributed by atoms with Gasteiger partial charge in [-0.2, -0.15) is 0 Å². The molecule has 4 atom stereocenters. The van der Waals surface area contributed by atoms with E-state index in [0.29, 0.717) is 0 Å². The summed E-state index contributed by atoms with van der Waals surface area (Å²) >= 11 is 0. The van der Waals surface area contributed by atoms with E-state index >= 15 is 0 Å². The van der Waals surface area contributed by atoms with Crippen molar-refractivity contribution in [2.75, 3.05) is 85.1 Å². The molecular formula is C30H50GaN7O19P+3. The topological polar surface area (TPSA) is 391 Å². The fraction of sp³-hybridized carbons (Fsp3) is 0.700. The van der Waals surface area contributed by atoms with Gasteiger partial charge in [0, 0.05) is 71.6 Å². The number of carboxylic acids is 7. The third-order valence-electron chi connectivity index (χ3n) is 8.24. The Morgan fingerprint density at radius 1 is 0.500 bits per heavy atom. The molecule has 0 aliphatic carbocycles. The van der Waals surface area contributed by atoms with Gasteiger partial charge < -0.3 is 51.3 Å². The Morgan fingerprint density at radius 2 is 0.845 bits per heavy atom. The quantitative estimate of drug-likeness (QED) is 0.0303. The Bertz CT molecular complexity index is 1460. The van der Waals surface area contributed by atoms with Crippen LogP contribution < -0.4 is 15.7 Å². The van der Waals surface area contributed by atoms with Crippen molar-refractivity contribution in [3.63, 3.8) is 0 Å². The Balaban J connectivity index is 0.0000325. The third kappa shape index (κ3) is 24.6. The van der Waals surface area contributed by atoms with E-state index in [9.17, 15) is 78.1 Å². The van der Waals surface area contributed by atoms with Crippen LogP contribution in [0.1, 0.15) is 32.1 Å². The van der Waals surface area contributed by atoms with Gasteiger partial charge in [0.2, 0.25) is 11.8 Å². The Morgan fingerprint density at radius 3 is 1.21 bits per heavy atom. The molecule has 28 heteroatoms. The van der Waals surface area contributed by atoms with Gasteiger partial charge in [-0.3, -0.25) is 57.7 Å². The first-order valence-electron chi connectivity index (χ1n) is 17.4. The number of nitrogens with zero attached hydrogens (tertiary/aromatic N) is 4. The zero-order valence-electron chi connectivity index (χ0n) is 31.3. The SMILES string of the molecule is O=C(O)CC[C@H](NP(=O)(O)OCCC(NC(=O)CC[C@H](NC(=O)CN1CCN(CC(=O)O)CCN(CC(=O)O)CCN(CC(=O)O)CC1)C(=O)O)C(=O)O)C(=O)O.[Ga+3]. The molecule has 0 spiro atoms. The number of carboxylic acid groups (broad SMARTS) is 7. The number of nitrogens with one attached hydrogen (secondary N) is 3. The van der Waals surface area contributed by atoms with Crippen molar-refractivity contribution in [1.82, 2.24) is 35.3 Å². The molecule has 2 amide bonds. The second-order valence-corrected chi connectivity index (χ2v) is 14.4. The first kappa shape index (κ1) is 53.8. The summed E-state index contributed by atoms with van der Waals surface area (Å²) in [5, 5.41) is 71.3. The van der Waals surface area contributed by atoms with Crippen molar-refractivity contribution in [2.24, 2.45) is 0 Å². The molecule has 0 aromatic heterocycles. The molecule has 26 nitrogen and oxygen atoms in total. The van der Waals surface area contributed by atoms with Gasteiger partial charge in [0.15, 0.2) is 0 Å². The predicted molar refractivity (Wildman–Crippen MR) is 195 cm³/mol. The molecular weight excluding hydrogens is 863 g/mol. The first-order valence-corrected chi connectivity index (χ1v) is 18.9. The molecule has 2 unspecified atom stereocenters. The van der Waals surface area contributed by atoms with Gasteiger partial charge in [-0.25, -0.2) is 19.2 Å². The Kier molecular flexibility index (Phi) is 25.5. The minimum atomic E-state index is -4.89. The Labute approximate surface area is 344 Å². The minimum Gasteiger partial charge on any atom is -0.481 e. The van der Waals surface area contributed by atoms with Crippen LogP contribution in [0.25, 0.3) is 0 Å². The predicted octanol–water partition coefficient (Wildman–Crippen LogP) is -4.59. The number of aliphatic carboxylic acids is 7. The van der Waals surface area contributed by atoms with Gasteiger partial charge in [-0.1, -0.05) is 0 Å². The molecule has 0 saturated carbocycles. The summed E-state index contributed by atoms with van der Waals surface area (Å²) in [5.74, 6) is -11.5. The second kappa shape index (κ2) is 27.5. The van der Waals surface area contributed by atoms with E-state index in [-0.39, 0.29) is 78.7 Å². The van der Waals surface area contributed by atoms with E-state index in [0.717, 1.165) is 0 Å². The normalized spacial score (nSPS) is 17.7. The number of amides is 2. The van der Waals surface area contributed by atoms with Crippen molar-refractivity contribution in [3.05, 3.63) is 0 Å². The van der Waals surface area contributed by atoms with Gasteiger partial charge >= 0.3 is 69.3 Å². The van der Waals surface area contributed by atoms with Crippen molar-refractivity contribution in [2.45, 2.75) is 50.2 Å². The molecule has 0 radical (unpaired) electrons. The molecule has 1 aliphatic heterocycles. The van der Waals surface area contributed by atoms with Crippen LogP contribution in [0.2, 0.25) is 0 Å². The number of carbonyl (C=O) groups is 9. The number of carbonyl (C=O) groups excluding carboxylic acids is 2. The number of hydrogen-bond donors (Lipinski definition) is 11. The zero-order valence-corrected chi connectivity index (χ0v) is 34.7. The van der Waals surface area contributed by atoms with E-state index in [1.165, 1.54) is 9.80 Å². The van der Waals surface area contributed by atoms with Crippen molar-refractivity contribution >= 4 is 81.1 Å².